The van der Waals surface area contributed by atoms with Crippen LogP contribution in [0.4, 0.5) is 0 Å². The first-order chi connectivity index (χ1) is 12.0. The minimum atomic E-state index is -3.72. The average Bonchev–Trinajstić information content (AvgIpc) is 3.02. The summed E-state index contributed by atoms with van der Waals surface area (Å²) in [5, 5.41) is 6.22. The number of rotatable bonds is 5. The highest BCUT2D eigenvalue weighted by Gasteiger charge is 2.15. The van der Waals surface area contributed by atoms with Crippen molar-refractivity contribution in [3.8, 4) is 0 Å². The fourth-order valence-corrected chi connectivity index (χ4v) is 3.89. The monoisotopic (exact) mass is 370 g/mol. The van der Waals surface area contributed by atoms with Crippen LogP contribution < -0.4 is 4.83 Å². The Morgan fingerprint density at radius 1 is 0.960 bits per heavy atom. The molecule has 0 bridgehead atoms. The highest BCUT2D eigenvalue weighted by molar-refractivity contribution is 7.89. The molecule has 3 aromatic rings. The summed E-state index contributed by atoms with van der Waals surface area (Å²) in [6, 6.07) is 18.2. The predicted octanol–water partition coefficient (Wildman–Crippen LogP) is 4.10. The molecule has 0 aliphatic heterocycles. The Bertz CT molecular complexity index is 989. The molecule has 128 valence electrons. The number of sulfonamides is 1. The van der Waals surface area contributed by atoms with Crippen LogP contribution in [0.15, 0.2) is 76.0 Å². The summed E-state index contributed by atoms with van der Waals surface area (Å²) < 4.78 is 25.0. The van der Waals surface area contributed by atoms with Crippen LogP contribution in [0.5, 0.6) is 0 Å². The summed E-state index contributed by atoms with van der Waals surface area (Å²) in [5.74, 6) is 0. The van der Waals surface area contributed by atoms with Gasteiger partial charge in [0.2, 0.25) is 0 Å². The van der Waals surface area contributed by atoms with Crippen molar-refractivity contribution in [2.75, 3.05) is 0 Å². The summed E-state index contributed by atoms with van der Waals surface area (Å²) in [7, 11) is -3.72. The second kappa shape index (κ2) is 7.21. The van der Waals surface area contributed by atoms with Gasteiger partial charge >= 0.3 is 0 Å². The SMILES string of the molecule is Cc1ccc(S(=O)(=O)NN=C(c2ccccc2)c2ccsc2C)cc1. The number of hydrogen-bond acceptors (Lipinski definition) is 4. The number of nitrogens with zero attached hydrogens (tertiary/aromatic N) is 1. The van der Waals surface area contributed by atoms with E-state index in [0.29, 0.717) is 5.71 Å². The second-order valence-corrected chi connectivity index (χ2v) is 8.41. The number of hydrazone groups is 1. The zero-order valence-corrected chi connectivity index (χ0v) is 15.6. The van der Waals surface area contributed by atoms with Gasteiger partial charge in [-0.1, -0.05) is 48.0 Å². The molecule has 0 radical (unpaired) electrons. The van der Waals surface area contributed by atoms with Gasteiger partial charge in [-0.15, -0.1) is 11.3 Å². The molecule has 0 amide bonds. The Morgan fingerprint density at radius 3 is 2.24 bits per heavy atom. The molecular formula is C19H18N2O2S2. The van der Waals surface area contributed by atoms with Crippen LogP contribution in [0, 0.1) is 13.8 Å². The van der Waals surface area contributed by atoms with Crippen molar-refractivity contribution in [3.05, 3.63) is 87.6 Å². The summed E-state index contributed by atoms with van der Waals surface area (Å²) in [5.41, 5.74) is 3.38. The van der Waals surface area contributed by atoms with Crippen molar-refractivity contribution in [3.63, 3.8) is 0 Å². The maximum atomic E-state index is 12.5. The number of aryl methyl sites for hydroxylation is 2. The van der Waals surface area contributed by atoms with Gasteiger partial charge in [-0.25, -0.2) is 0 Å². The second-order valence-electron chi connectivity index (χ2n) is 5.62. The third kappa shape index (κ3) is 3.97. The van der Waals surface area contributed by atoms with Gasteiger partial charge in [0.05, 0.1) is 10.6 Å². The molecule has 0 unspecified atom stereocenters. The smallest absolute Gasteiger partial charge is 0.200 e. The molecule has 0 aliphatic rings. The Labute approximate surface area is 151 Å². The molecule has 2 aromatic carbocycles. The molecule has 6 heteroatoms. The van der Waals surface area contributed by atoms with E-state index in [1.807, 2.05) is 55.6 Å². The summed E-state index contributed by atoms with van der Waals surface area (Å²) in [4.78, 5) is 3.65. The van der Waals surface area contributed by atoms with Crippen molar-refractivity contribution < 1.29 is 8.42 Å². The molecule has 25 heavy (non-hydrogen) atoms. The van der Waals surface area contributed by atoms with Crippen LogP contribution in [-0.4, -0.2) is 14.1 Å². The first kappa shape index (κ1) is 17.4. The van der Waals surface area contributed by atoms with Gasteiger partial charge < -0.3 is 0 Å². The van der Waals surface area contributed by atoms with Gasteiger partial charge in [-0.05, 0) is 37.4 Å². The molecule has 0 fully saturated rings. The van der Waals surface area contributed by atoms with Crippen molar-refractivity contribution in [1.82, 2.24) is 4.83 Å². The molecular weight excluding hydrogens is 352 g/mol. The molecule has 1 N–H and O–H groups in total. The maximum absolute atomic E-state index is 12.5. The van der Waals surface area contributed by atoms with Crippen LogP contribution >= 0.6 is 11.3 Å². The van der Waals surface area contributed by atoms with Gasteiger partial charge in [-0.2, -0.15) is 18.4 Å². The quantitative estimate of drug-likeness (QED) is 0.543. The molecule has 0 spiro atoms. The van der Waals surface area contributed by atoms with Crippen LogP contribution in [-0.2, 0) is 10.0 Å². The molecule has 0 saturated carbocycles. The third-order valence-electron chi connectivity index (χ3n) is 3.77. The lowest BCUT2D eigenvalue weighted by atomic mass is 10.0. The van der Waals surface area contributed by atoms with E-state index >= 15 is 0 Å². The number of thiophene rings is 1. The van der Waals surface area contributed by atoms with Gasteiger partial charge in [-0.3, -0.25) is 0 Å². The lowest BCUT2D eigenvalue weighted by Gasteiger charge is -2.09. The lowest BCUT2D eigenvalue weighted by Crippen LogP contribution is -2.21. The van der Waals surface area contributed by atoms with E-state index in [4.69, 9.17) is 0 Å². The number of benzene rings is 2. The predicted molar refractivity (Wildman–Crippen MR) is 103 cm³/mol. The third-order valence-corrected chi connectivity index (χ3v) is 5.84. The molecule has 0 aliphatic carbocycles. The van der Waals surface area contributed by atoms with E-state index in [-0.39, 0.29) is 4.90 Å². The number of nitrogens with one attached hydrogen (secondary N) is 1. The van der Waals surface area contributed by atoms with E-state index in [1.54, 1.807) is 35.6 Å². The summed E-state index contributed by atoms with van der Waals surface area (Å²) >= 11 is 1.60. The van der Waals surface area contributed by atoms with E-state index in [9.17, 15) is 8.42 Å². The lowest BCUT2D eigenvalue weighted by molar-refractivity contribution is 0.584. The summed E-state index contributed by atoms with van der Waals surface area (Å²) in [6.45, 7) is 3.90. The Morgan fingerprint density at radius 2 is 1.64 bits per heavy atom. The fourth-order valence-electron chi connectivity index (χ4n) is 2.38. The molecule has 1 aromatic heterocycles. The van der Waals surface area contributed by atoms with Crippen molar-refractivity contribution in [2.24, 2.45) is 5.10 Å². The number of hydrogen-bond donors (Lipinski definition) is 1. The molecule has 1 heterocycles. The van der Waals surface area contributed by atoms with Crippen LogP contribution in [0.25, 0.3) is 0 Å². The highest BCUT2D eigenvalue weighted by atomic mass is 32.2. The molecule has 0 saturated heterocycles. The van der Waals surface area contributed by atoms with Crippen LogP contribution in [0.3, 0.4) is 0 Å². The molecule has 0 atom stereocenters. The van der Waals surface area contributed by atoms with Crippen LogP contribution in [0.2, 0.25) is 0 Å². The van der Waals surface area contributed by atoms with E-state index in [0.717, 1.165) is 21.6 Å². The van der Waals surface area contributed by atoms with E-state index in [2.05, 4.69) is 9.93 Å². The molecule has 4 nitrogen and oxygen atoms in total. The Balaban J connectivity index is 1.99. The Kier molecular flexibility index (Phi) is 5.01. The maximum Gasteiger partial charge on any atom is 0.276 e. The zero-order chi connectivity index (χ0) is 17.9. The van der Waals surface area contributed by atoms with Crippen molar-refractivity contribution in [2.45, 2.75) is 18.7 Å². The van der Waals surface area contributed by atoms with Crippen molar-refractivity contribution in [1.29, 1.82) is 0 Å². The van der Waals surface area contributed by atoms with Gasteiger partial charge in [0.25, 0.3) is 10.0 Å². The van der Waals surface area contributed by atoms with Gasteiger partial charge in [0, 0.05) is 16.0 Å². The normalized spacial score (nSPS) is 12.2. The largest absolute Gasteiger partial charge is 0.276 e. The van der Waals surface area contributed by atoms with E-state index in [1.165, 1.54) is 0 Å². The average molecular weight is 370 g/mol. The first-order valence-electron chi connectivity index (χ1n) is 7.73. The van der Waals surface area contributed by atoms with Crippen LogP contribution in [0.1, 0.15) is 21.6 Å². The minimum absolute atomic E-state index is 0.191. The highest BCUT2D eigenvalue weighted by Crippen LogP contribution is 2.20. The zero-order valence-electron chi connectivity index (χ0n) is 13.9. The minimum Gasteiger partial charge on any atom is -0.200 e. The van der Waals surface area contributed by atoms with Gasteiger partial charge in [0.15, 0.2) is 0 Å². The van der Waals surface area contributed by atoms with E-state index < -0.39 is 10.0 Å². The fraction of sp³-hybridized carbons (Fsp3) is 0.105. The Hall–Kier alpha value is -2.44. The standard InChI is InChI=1S/C19H18N2O2S2/c1-14-8-10-17(11-9-14)25(22,23)21-20-19(16-6-4-3-5-7-16)18-12-13-24-15(18)2/h3-13,21H,1-2H3. The van der Waals surface area contributed by atoms with Crippen molar-refractivity contribution >= 4 is 27.1 Å². The topological polar surface area (TPSA) is 58.5 Å². The first-order valence-corrected chi connectivity index (χ1v) is 10.1. The molecule has 3 rings (SSSR count). The van der Waals surface area contributed by atoms with Gasteiger partial charge in [0.1, 0.15) is 0 Å². The summed E-state index contributed by atoms with van der Waals surface area (Å²) in [6.07, 6.45) is 0.